The Kier molecular flexibility index (Phi) is 3.77. The average Bonchev–Trinajstić information content (AvgIpc) is 2.55. The molecule has 0 aromatic carbocycles. The van der Waals surface area contributed by atoms with Gasteiger partial charge in [-0.15, -0.1) is 6.58 Å². The zero-order chi connectivity index (χ0) is 9.68. The van der Waals surface area contributed by atoms with Gasteiger partial charge in [0.15, 0.2) is 0 Å². The third-order valence-corrected chi connectivity index (χ3v) is 1.97. The van der Waals surface area contributed by atoms with Crippen molar-refractivity contribution in [2.75, 3.05) is 6.54 Å². The molecule has 0 radical (unpaired) electrons. The maximum atomic E-state index is 5.27. The molecule has 1 unspecified atom stereocenters. The van der Waals surface area contributed by atoms with E-state index in [4.69, 9.17) is 4.42 Å². The Morgan fingerprint density at radius 3 is 3.00 bits per heavy atom. The topological polar surface area (TPSA) is 25.2 Å². The lowest BCUT2D eigenvalue weighted by Gasteiger charge is -2.10. The van der Waals surface area contributed by atoms with E-state index in [0.717, 1.165) is 18.7 Å². The van der Waals surface area contributed by atoms with Crippen LogP contribution in [-0.2, 0) is 0 Å². The van der Waals surface area contributed by atoms with Crippen LogP contribution < -0.4 is 5.32 Å². The number of rotatable bonds is 5. The Morgan fingerprint density at radius 2 is 2.46 bits per heavy atom. The van der Waals surface area contributed by atoms with E-state index in [-0.39, 0.29) is 6.04 Å². The molecule has 1 rings (SSSR count). The molecule has 0 aliphatic carbocycles. The van der Waals surface area contributed by atoms with Gasteiger partial charge in [0.2, 0.25) is 0 Å². The van der Waals surface area contributed by atoms with Gasteiger partial charge in [0, 0.05) is 0 Å². The van der Waals surface area contributed by atoms with E-state index in [9.17, 15) is 0 Å². The largest absolute Gasteiger partial charge is 0.468 e. The van der Waals surface area contributed by atoms with E-state index in [2.05, 4.69) is 18.8 Å². The molecular weight excluding hydrogens is 162 g/mol. The molecule has 13 heavy (non-hydrogen) atoms. The van der Waals surface area contributed by atoms with E-state index in [0.29, 0.717) is 0 Å². The molecule has 2 heteroatoms. The van der Waals surface area contributed by atoms with Crippen molar-refractivity contribution in [1.82, 2.24) is 5.32 Å². The average molecular weight is 179 g/mol. The molecule has 0 amide bonds. The molecule has 1 N–H and O–H groups in total. The predicted molar refractivity (Wildman–Crippen MR) is 54.6 cm³/mol. The second kappa shape index (κ2) is 4.87. The van der Waals surface area contributed by atoms with Crippen molar-refractivity contribution in [1.29, 1.82) is 0 Å². The van der Waals surface area contributed by atoms with Gasteiger partial charge < -0.3 is 9.73 Å². The summed E-state index contributed by atoms with van der Waals surface area (Å²) in [7, 11) is 0. The van der Waals surface area contributed by atoms with Crippen molar-refractivity contribution < 1.29 is 4.42 Å². The quantitative estimate of drug-likeness (QED) is 0.703. The summed E-state index contributed by atoms with van der Waals surface area (Å²) in [6, 6.07) is 4.18. The fraction of sp³-hybridized carbons (Fsp3) is 0.455. The molecule has 0 aliphatic heterocycles. The zero-order valence-corrected chi connectivity index (χ0v) is 8.34. The highest BCUT2D eigenvalue weighted by molar-refractivity contribution is 5.03. The fourth-order valence-corrected chi connectivity index (χ4v) is 1.14. The molecule has 1 aromatic rings. The van der Waals surface area contributed by atoms with Crippen LogP contribution in [0.1, 0.15) is 32.1 Å². The van der Waals surface area contributed by atoms with Crippen LogP contribution in [0.3, 0.4) is 0 Å². The van der Waals surface area contributed by atoms with Crippen LogP contribution >= 0.6 is 0 Å². The van der Waals surface area contributed by atoms with Gasteiger partial charge in [-0.3, -0.25) is 0 Å². The first-order valence-corrected chi connectivity index (χ1v) is 4.61. The lowest BCUT2D eigenvalue weighted by Crippen LogP contribution is -2.19. The Hall–Kier alpha value is -1.02. The monoisotopic (exact) mass is 179 g/mol. The van der Waals surface area contributed by atoms with Gasteiger partial charge >= 0.3 is 0 Å². The molecule has 0 saturated heterocycles. The molecule has 2 nitrogen and oxygen atoms in total. The van der Waals surface area contributed by atoms with E-state index in [1.54, 1.807) is 6.26 Å². The van der Waals surface area contributed by atoms with E-state index >= 15 is 0 Å². The van der Waals surface area contributed by atoms with E-state index < -0.39 is 0 Å². The maximum Gasteiger partial charge on any atom is 0.120 e. The van der Waals surface area contributed by atoms with Gasteiger partial charge in [-0.25, -0.2) is 0 Å². The highest BCUT2D eigenvalue weighted by Gasteiger charge is 2.05. The van der Waals surface area contributed by atoms with Gasteiger partial charge in [0.25, 0.3) is 0 Å². The van der Waals surface area contributed by atoms with E-state index in [1.807, 2.05) is 19.1 Å². The number of hydrogen-bond donors (Lipinski definition) is 1. The lowest BCUT2D eigenvalue weighted by molar-refractivity contribution is 0.432. The summed E-state index contributed by atoms with van der Waals surface area (Å²) in [6.07, 6.45) is 2.72. The van der Waals surface area contributed by atoms with Crippen LogP contribution in [0.2, 0.25) is 0 Å². The second-order valence-electron chi connectivity index (χ2n) is 3.40. The molecule has 0 fully saturated rings. The molecule has 0 aliphatic rings. The second-order valence-corrected chi connectivity index (χ2v) is 3.40. The number of furan rings is 1. The summed E-state index contributed by atoms with van der Waals surface area (Å²) >= 11 is 0. The summed E-state index contributed by atoms with van der Waals surface area (Å²) in [5, 5.41) is 3.36. The first-order chi connectivity index (χ1) is 6.20. The standard InChI is InChI=1S/C11H17NO/c1-9(2)6-7-12-10(3)11-5-4-8-13-11/h4-5,8,10,12H,1,6-7H2,2-3H3. The number of hydrogen-bond acceptors (Lipinski definition) is 2. The molecule has 1 atom stereocenters. The molecule has 0 saturated carbocycles. The summed E-state index contributed by atoms with van der Waals surface area (Å²) in [4.78, 5) is 0. The number of nitrogens with one attached hydrogen (secondary N) is 1. The summed E-state index contributed by atoms with van der Waals surface area (Å²) < 4.78 is 5.27. The molecule has 1 heterocycles. The van der Waals surface area contributed by atoms with E-state index in [1.165, 1.54) is 5.57 Å². The van der Waals surface area contributed by atoms with Crippen LogP contribution in [0.4, 0.5) is 0 Å². The Labute approximate surface area is 79.6 Å². The normalized spacial score (nSPS) is 12.8. The van der Waals surface area contributed by atoms with Crippen LogP contribution in [-0.4, -0.2) is 6.54 Å². The fourth-order valence-electron chi connectivity index (χ4n) is 1.14. The first kappa shape index (κ1) is 10.1. The molecule has 1 aromatic heterocycles. The van der Waals surface area contributed by atoms with Crippen molar-refractivity contribution >= 4 is 0 Å². The molecule has 0 bridgehead atoms. The zero-order valence-electron chi connectivity index (χ0n) is 8.34. The predicted octanol–water partition coefficient (Wildman–Crippen LogP) is 2.90. The van der Waals surface area contributed by atoms with Gasteiger partial charge in [0.05, 0.1) is 12.3 Å². The van der Waals surface area contributed by atoms with Gasteiger partial charge in [-0.2, -0.15) is 0 Å². The van der Waals surface area contributed by atoms with Crippen LogP contribution in [0.25, 0.3) is 0 Å². The van der Waals surface area contributed by atoms with Crippen molar-refractivity contribution in [3.63, 3.8) is 0 Å². The Morgan fingerprint density at radius 1 is 1.69 bits per heavy atom. The van der Waals surface area contributed by atoms with Crippen LogP contribution in [0, 0.1) is 0 Å². The smallest absolute Gasteiger partial charge is 0.120 e. The SMILES string of the molecule is C=C(C)CCNC(C)c1ccco1. The maximum absolute atomic E-state index is 5.27. The van der Waals surface area contributed by atoms with Crippen molar-refractivity contribution in [2.45, 2.75) is 26.3 Å². The molecule has 72 valence electrons. The van der Waals surface area contributed by atoms with Crippen molar-refractivity contribution in [3.05, 3.63) is 36.3 Å². The minimum atomic E-state index is 0.286. The van der Waals surface area contributed by atoms with Gasteiger partial charge in [-0.1, -0.05) is 5.57 Å². The summed E-state index contributed by atoms with van der Waals surface area (Å²) in [5.74, 6) is 0.988. The summed E-state index contributed by atoms with van der Waals surface area (Å²) in [5.41, 5.74) is 1.21. The molecule has 0 spiro atoms. The highest BCUT2D eigenvalue weighted by Crippen LogP contribution is 2.11. The Balaban J connectivity index is 2.26. The first-order valence-electron chi connectivity index (χ1n) is 4.61. The summed E-state index contributed by atoms with van der Waals surface area (Å²) in [6.45, 7) is 8.94. The van der Waals surface area contributed by atoms with Crippen molar-refractivity contribution in [2.24, 2.45) is 0 Å². The van der Waals surface area contributed by atoms with Crippen LogP contribution in [0.5, 0.6) is 0 Å². The van der Waals surface area contributed by atoms with Crippen LogP contribution in [0.15, 0.2) is 35.0 Å². The van der Waals surface area contributed by atoms with Gasteiger partial charge in [-0.05, 0) is 38.9 Å². The lowest BCUT2D eigenvalue weighted by atomic mass is 10.2. The molecular formula is C11H17NO. The Bertz CT molecular complexity index is 251. The minimum Gasteiger partial charge on any atom is -0.468 e. The third-order valence-electron chi connectivity index (χ3n) is 1.97. The van der Waals surface area contributed by atoms with Gasteiger partial charge in [0.1, 0.15) is 5.76 Å². The minimum absolute atomic E-state index is 0.286. The highest BCUT2D eigenvalue weighted by atomic mass is 16.3. The van der Waals surface area contributed by atoms with Crippen molar-refractivity contribution in [3.8, 4) is 0 Å². The third kappa shape index (κ3) is 3.47.